The van der Waals surface area contributed by atoms with Crippen molar-refractivity contribution in [2.24, 2.45) is 0 Å². The van der Waals surface area contributed by atoms with Gasteiger partial charge in [-0.3, -0.25) is 15.2 Å². The minimum Gasteiger partial charge on any atom is -0.508 e. The molecular formula is C35H30N8O3S2. The summed E-state index contributed by atoms with van der Waals surface area (Å²) in [6, 6.07) is 22.4. The maximum absolute atomic E-state index is 13.5. The molecular weight excluding hydrogens is 645 g/mol. The summed E-state index contributed by atoms with van der Waals surface area (Å²) in [4.78, 5) is 25.8. The highest BCUT2D eigenvalue weighted by atomic mass is 32.1. The van der Waals surface area contributed by atoms with E-state index in [1.165, 1.54) is 22.7 Å². The number of aromatic hydroxyl groups is 1. The molecule has 0 saturated heterocycles. The first-order valence-corrected chi connectivity index (χ1v) is 16.9. The maximum atomic E-state index is 13.5. The standard InChI is InChI=1S/C35H30N8O3S2/c1-20(44)30-29(10-5-16-37-32-25(18-36)31(41-42-32)22-11-13-23(45)14-12-22)48-35(39-30)43-17-15-21-6-4-7-24(26(21)19-43)33(46)40-34-38-27-8-2-3-9-28(27)47-34/h2-4,6-9,11-14,44-45H,1,5,10,15-17,19H2,(H2,37,41,42)(H,38,40,46). The van der Waals surface area contributed by atoms with Gasteiger partial charge < -0.3 is 20.4 Å². The molecule has 0 saturated carbocycles. The lowest BCUT2D eigenvalue weighted by molar-refractivity contribution is 0.102. The van der Waals surface area contributed by atoms with Crippen LogP contribution in [0.15, 0.2) is 73.3 Å². The number of carbonyl (C=O) groups is 1. The molecule has 0 bridgehead atoms. The molecule has 1 aliphatic heterocycles. The highest BCUT2D eigenvalue weighted by Crippen LogP contribution is 2.35. The van der Waals surface area contributed by atoms with Gasteiger partial charge in [-0.2, -0.15) is 10.4 Å². The Hall–Kier alpha value is -5.71. The van der Waals surface area contributed by atoms with Crippen molar-refractivity contribution in [3.63, 3.8) is 0 Å². The van der Waals surface area contributed by atoms with Crippen LogP contribution in [-0.2, 0) is 19.4 Å². The molecule has 3 aromatic carbocycles. The number of aromatic nitrogens is 4. The Morgan fingerprint density at radius 2 is 1.92 bits per heavy atom. The van der Waals surface area contributed by atoms with Crippen LogP contribution in [0.2, 0.25) is 0 Å². The second-order valence-corrected chi connectivity index (χ2v) is 13.4. The zero-order chi connectivity index (χ0) is 33.2. The van der Waals surface area contributed by atoms with Gasteiger partial charge in [-0.15, -0.1) is 11.3 Å². The van der Waals surface area contributed by atoms with E-state index in [2.05, 4.69) is 49.4 Å². The lowest BCUT2D eigenvalue weighted by Gasteiger charge is -2.29. The number of thiazole rings is 2. The van der Waals surface area contributed by atoms with Gasteiger partial charge in [0, 0.05) is 35.6 Å². The van der Waals surface area contributed by atoms with Gasteiger partial charge in [-0.25, -0.2) is 9.97 Å². The smallest absolute Gasteiger partial charge is 0.257 e. The molecule has 240 valence electrons. The number of aliphatic hydroxyl groups is 1. The number of aliphatic hydroxyl groups excluding tert-OH is 1. The van der Waals surface area contributed by atoms with E-state index in [0.717, 1.165) is 49.9 Å². The van der Waals surface area contributed by atoms with Crippen LogP contribution in [0.1, 0.15) is 44.0 Å². The number of aromatic amines is 1. The largest absolute Gasteiger partial charge is 0.508 e. The molecule has 0 atom stereocenters. The Morgan fingerprint density at radius 1 is 1.08 bits per heavy atom. The number of nitrogens with zero attached hydrogens (tertiary/aromatic N) is 5. The fourth-order valence-corrected chi connectivity index (χ4v) is 7.80. The Kier molecular flexibility index (Phi) is 8.49. The summed E-state index contributed by atoms with van der Waals surface area (Å²) < 4.78 is 1.01. The molecule has 11 nitrogen and oxygen atoms in total. The molecule has 0 unspecified atom stereocenters. The maximum Gasteiger partial charge on any atom is 0.257 e. The summed E-state index contributed by atoms with van der Waals surface area (Å²) in [5.74, 6) is 0.373. The lowest BCUT2D eigenvalue weighted by atomic mass is 9.94. The van der Waals surface area contributed by atoms with E-state index in [4.69, 9.17) is 4.98 Å². The third-order valence-electron chi connectivity index (χ3n) is 8.16. The number of para-hydroxylation sites is 1. The molecule has 0 aliphatic carbocycles. The zero-order valence-corrected chi connectivity index (χ0v) is 27.3. The number of hydrogen-bond acceptors (Lipinski definition) is 11. The fourth-order valence-electron chi connectivity index (χ4n) is 5.79. The molecule has 1 amide bonds. The number of anilines is 3. The van der Waals surface area contributed by atoms with E-state index < -0.39 is 0 Å². The molecule has 0 radical (unpaired) electrons. The average Bonchev–Trinajstić information content (AvgIpc) is 3.83. The molecule has 7 rings (SSSR count). The second kappa shape index (κ2) is 13.2. The van der Waals surface area contributed by atoms with Crippen molar-refractivity contribution in [3.05, 3.63) is 106 Å². The Labute approximate surface area is 283 Å². The number of H-pyrrole nitrogens is 1. The van der Waals surface area contributed by atoms with Gasteiger partial charge in [0.15, 0.2) is 10.3 Å². The number of phenolic OH excluding ortho intramolecular Hbond substituents is 1. The fraction of sp³-hybridized carbons (Fsp3) is 0.171. The highest BCUT2D eigenvalue weighted by molar-refractivity contribution is 7.22. The van der Waals surface area contributed by atoms with Crippen molar-refractivity contribution in [2.75, 3.05) is 28.6 Å². The summed E-state index contributed by atoms with van der Waals surface area (Å²) in [5, 5.41) is 44.6. The van der Waals surface area contributed by atoms with Gasteiger partial charge in [-0.1, -0.05) is 42.2 Å². The Bertz CT molecular complexity index is 2160. The van der Waals surface area contributed by atoms with Crippen molar-refractivity contribution in [3.8, 4) is 23.1 Å². The first-order chi connectivity index (χ1) is 23.4. The van der Waals surface area contributed by atoms with Crippen LogP contribution in [0.5, 0.6) is 5.75 Å². The predicted octanol–water partition coefficient (Wildman–Crippen LogP) is 7.11. The first-order valence-electron chi connectivity index (χ1n) is 15.3. The average molecular weight is 675 g/mol. The highest BCUT2D eigenvalue weighted by Gasteiger charge is 2.26. The SMILES string of the molecule is C=C(O)c1nc(N2CCc3cccc(C(=O)Nc4nc5ccccc5s4)c3C2)sc1CCCNc1[nH]nc(-c2ccc(O)cc2)c1C#N. The number of amides is 1. The Morgan fingerprint density at radius 3 is 2.71 bits per heavy atom. The number of fused-ring (bicyclic) bond motifs is 2. The molecule has 0 spiro atoms. The summed E-state index contributed by atoms with van der Waals surface area (Å²) >= 11 is 2.96. The van der Waals surface area contributed by atoms with E-state index >= 15 is 0 Å². The van der Waals surface area contributed by atoms with Gasteiger partial charge in [-0.05, 0) is 72.9 Å². The number of phenols is 1. The van der Waals surface area contributed by atoms with Gasteiger partial charge in [0.25, 0.3) is 5.91 Å². The minimum atomic E-state index is -0.198. The number of benzene rings is 3. The number of hydrogen-bond donors (Lipinski definition) is 5. The van der Waals surface area contributed by atoms with Crippen LogP contribution in [0.3, 0.4) is 0 Å². The van der Waals surface area contributed by atoms with Crippen molar-refractivity contribution < 1.29 is 15.0 Å². The molecule has 1 aliphatic rings. The molecule has 5 N–H and O–H groups in total. The molecule has 4 heterocycles. The van der Waals surface area contributed by atoms with Crippen molar-refractivity contribution in [1.29, 1.82) is 5.26 Å². The summed E-state index contributed by atoms with van der Waals surface area (Å²) in [5.41, 5.74) is 5.62. The van der Waals surface area contributed by atoms with Gasteiger partial charge in [0.05, 0.1) is 10.2 Å². The quantitative estimate of drug-likeness (QED) is 0.0753. The van der Waals surface area contributed by atoms with Gasteiger partial charge in [0.1, 0.15) is 40.3 Å². The lowest BCUT2D eigenvalue weighted by Crippen LogP contribution is -2.32. The molecule has 0 fully saturated rings. The molecule has 13 heteroatoms. The summed E-state index contributed by atoms with van der Waals surface area (Å²) in [6.07, 6.45) is 2.07. The second-order valence-electron chi connectivity index (χ2n) is 11.3. The van der Waals surface area contributed by atoms with Crippen LogP contribution < -0.4 is 15.5 Å². The summed E-state index contributed by atoms with van der Waals surface area (Å²) in [7, 11) is 0. The Balaban J connectivity index is 1.03. The van der Waals surface area contributed by atoms with Crippen LogP contribution in [0.4, 0.5) is 16.1 Å². The van der Waals surface area contributed by atoms with E-state index in [-0.39, 0.29) is 17.4 Å². The van der Waals surface area contributed by atoms with Crippen LogP contribution in [-0.4, -0.2) is 49.4 Å². The molecule has 6 aromatic rings. The zero-order valence-electron chi connectivity index (χ0n) is 25.7. The first kappa shape index (κ1) is 30.9. The third kappa shape index (κ3) is 6.18. The minimum absolute atomic E-state index is 0.0901. The van der Waals surface area contributed by atoms with Crippen molar-refractivity contribution in [2.45, 2.75) is 25.8 Å². The normalized spacial score (nSPS) is 12.4. The summed E-state index contributed by atoms with van der Waals surface area (Å²) in [6.45, 7) is 5.52. The van der Waals surface area contributed by atoms with E-state index in [9.17, 15) is 20.3 Å². The monoisotopic (exact) mass is 674 g/mol. The third-order valence-corrected chi connectivity index (χ3v) is 10.3. The van der Waals surface area contributed by atoms with E-state index in [1.54, 1.807) is 24.3 Å². The predicted molar refractivity (Wildman–Crippen MR) is 190 cm³/mol. The van der Waals surface area contributed by atoms with Crippen LogP contribution >= 0.6 is 22.7 Å². The van der Waals surface area contributed by atoms with E-state index in [1.807, 2.05) is 36.4 Å². The van der Waals surface area contributed by atoms with Gasteiger partial charge >= 0.3 is 0 Å². The number of aryl methyl sites for hydroxylation is 1. The van der Waals surface area contributed by atoms with Gasteiger partial charge in [0.2, 0.25) is 0 Å². The van der Waals surface area contributed by atoms with Crippen molar-refractivity contribution >= 4 is 60.6 Å². The van der Waals surface area contributed by atoms with E-state index in [0.29, 0.717) is 59.4 Å². The topological polar surface area (TPSA) is 163 Å². The molecule has 3 aromatic heterocycles. The number of rotatable bonds is 10. The number of nitriles is 1. The van der Waals surface area contributed by atoms with Crippen LogP contribution in [0.25, 0.3) is 27.2 Å². The number of carbonyl (C=O) groups excluding carboxylic acids is 1. The van der Waals surface area contributed by atoms with Crippen molar-refractivity contribution in [1.82, 2.24) is 20.2 Å². The number of nitrogens with one attached hydrogen (secondary N) is 3. The van der Waals surface area contributed by atoms with Crippen LogP contribution in [0, 0.1) is 11.3 Å². The molecule has 48 heavy (non-hydrogen) atoms.